The molecule has 3 nitrogen and oxygen atoms in total. The Morgan fingerprint density at radius 1 is 1.07 bits per heavy atom. The van der Waals surface area contributed by atoms with Crippen molar-refractivity contribution in [1.29, 1.82) is 0 Å². The van der Waals surface area contributed by atoms with E-state index in [4.69, 9.17) is 0 Å². The standard InChI is InChI=1S/C25H32N2O/c1-20(22-10-6-3-7-11-22)19-27-16-13-25(14-17-27)18-23(25)24(28)26-15-12-21-8-4-2-5-9-21/h2-11,20,23H,12-19H2,1H3,(H,26,28)/t20-,23+/m0/s1. The molecule has 2 aromatic carbocycles. The Hall–Kier alpha value is -2.13. The van der Waals surface area contributed by atoms with Gasteiger partial charge >= 0.3 is 0 Å². The van der Waals surface area contributed by atoms with Gasteiger partial charge in [0.25, 0.3) is 0 Å². The normalized spacial score (nSPS) is 22.0. The maximum atomic E-state index is 12.6. The molecule has 1 spiro atoms. The fourth-order valence-electron chi connectivity index (χ4n) is 4.82. The van der Waals surface area contributed by atoms with Gasteiger partial charge in [-0.25, -0.2) is 0 Å². The zero-order valence-corrected chi connectivity index (χ0v) is 16.9. The van der Waals surface area contributed by atoms with Crippen LogP contribution in [0.15, 0.2) is 60.7 Å². The van der Waals surface area contributed by atoms with Gasteiger partial charge in [-0.1, -0.05) is 67.6 Å². The maximum absolute atomic E-state index is 12.6. The SMILES string of the molecule is C[C@@H](CN1CCC2(CC1)C[C@@H]2C(=O)NCCc1ccccc1)c1ccccc1. The van der Waals surface area contributed by atoms with E-state index in [1.165, 1.54) is 24.0 Å². The first-order chi connectivity index (χ1) is 13.7. The lowest BCUT2D eigenvalue weighted by atomic mass is 9.89. The lowest BCUT2D eigenvalue weighted by Crippen LogP contribution is -2.39. The van der Waals surface area contributed by atoms with E-state index in [1.54, 1.807) is 0 Å². The summed E-state index contributed by atoms with van der Waals surface area (Å²) in [6.45, 7) is 6.44. The fraction of sp³-hybridized carbons (Fsp3) is 0.480. The molecule has 0 aromatic heterocycles. The average molecular weight is 377 g/mol. The van der Waals surface area contributed by atoms with Crippen LogP contribution in [0, 0.1) is 11.3 Å². The van der Waals surface area contributed by atoms with Crippen LogP contribution in [-0.2, 0) is 11.2 Å². The highest BCUT2D eigenvalue weighted by Gasteiger charge is 2.58. The van der Waals surface area contributed by atoms with E-state index in [0.29, 0.717) is 11.3 Å². The van der Waals surface area contributed by atoms with Gasteiger partial charge in [0.1, 0.15) is 0 Å². The number of likely N-dealkylation sites (tertiary alicyclic amines) is 1. The maximum Gasteiger partial charge on any atom is 0.223 e. The van der Waals surface area contributed by atoms with Crippen LogP contribution in [0.4, 0.5) is 0 Å². The number of carbonyl (C=O) groups excluding carboxylic acids is 1. The van der Waals surface area contributed by atoms with Crippen LogP contribution in [0.2, 0.25) is 0 Å². The third-order valence-corrected chi connectivity index (χ3v) is 6.81. The molecule has 0 bridgehead atoms. The number of hydrogen-bond donors (Lipinski definition) is 1. The number of carbonyl (C=O) groups is 1. The molecule has 0 radical (unpaired) electrons. The molecule has 2 fully saturated rings. The summed E-state index contributed by atoms with van der Waals surface area (Å²) >= 11 is 0. The minimum atomic E-state index is 0.247. The third kappa shape index (κ3) is 4.47. The van der Waals surface area contributed by atoms with E-state index >= 15 is 0 Å². The second kappa shape index (κ2) is 8.48. The molecule has 2 aliphatic rings. The molecule has 3 heteroatoms. The van der Waals surface area contributed by atoms with Gasteiger partial charge < -0.3 is 10.2 Å². The van der Waals surface area contributed by atoms with Crippen molar-refractivity contribution in [2.45, 2.75) is 38.5 Å². The van der Waals surface area contributed by atoms with Gasteiger partial charge in [0.05, 0.1) is 0 Å². The summed E-state index contributed by atoms with van der Waals surface area (Å²) in [5.41, 5.74) is 3.00. The Balaban J connectivity index is 1.19. The van der Waals surface area contributed by atoms with Gasteiger partial charge in [-0.2, -0.15) is 0 Å². The number of nitrogens with zero attached hydrogens (tertiary/aromatic N) is 1. The van der Waals surface area contributed by atoms with Gasteiger partial charge in [0.15, 0.2) is 0 Å². The van der Waals surface area contributed by atoms with E-state index in [-0.39, 0.29) is 11.8 Å². The monoisotopic (exact) mass is 376 g/mol. The number of amides is 1. The minimum Gasteiger partial charge on any atom is -0.356 e. The molecular weight excluding hydrogens is 344 g/mol. The fourth-order valence-corrected chi connectivity index (χ4v) is 4.82. The molecule has 1 N–H and O–H groups in total. The van der Waals surface area contributed by atoms with Crippen LogP contribution in [0.1, 0.15) is 43.2 Å². The quantitative estimate of drug-likeness (QED) is 0.783. The molecule has 1 amide bonds. The minimum absolute atomic E-state index is 0.247. The van der Waals surface area contributed by atoms with Gasteiger partial charge in [-0.05, 0) is 61.2 Å². The first kappa shape index (κ1) is 19.2. The highest BCUT2D eigenvalue weighted by molar-refractivity contribution is 5.82. The van der Waals surface area contributed by atoms with E-state index in [9.17, 15) is 4.79 Å². The summed E-state index contributed by atoms with van der Waals surface area (Å²) in [4.78, 5) is 15.2. The number of benzene rings is 2. The lowest BCUT2D eigenvalue weighted by molar-refractivity contribution is -0.123. The first-order valence-electron chi connectivity index (χ1n) is 10.8. The molecule has 2 atom stereocenters. The highest BCUT2D eigenvalue weighted by atomic mass is 16.2. The molecule has 1 aliphatic carbocycles. The summed E-state index contributed by atoms with van der Waals surface area (Å²) in [6.07, 6.45) is 4.35. The predicted molar refractivity (Wildman–Crippen MR) is 114 cm³/mol. The number of nitrogens with one attached hydrogen (secondary N) is 1. The van der Waals surface area contributed by atoms with Crippen molar-refractivity contribution in [3.05, 3.63) is 71.8 Å². The molecule has 4 rings (SSSR count). The molecular formula is C25H32N2O. The summed E-state index contributed by atoms with van der Waals surface area (Å²) in [7, 11) is 0. The largest absolute Gasteiger partial charge is 0.356 e. The highest BCUT2D eigenvalue weighted by Crippen LogP contribution is 2.59. The van der Waals surface area contributed by atoms with Crippen LogP contribution in [0.3, 0.4) is 0 Å². The molecule has 28 heavy (non-hydrogen) atoms. The van der Waals surface area contributed by atoms with Gasteiger partial charge in [0, 0.05) is 19.0 Å². The predicted octanol–water partition coefficient (Wildman–Crippen LogP) is 4.25. The van der Waals surface area contributed by atoms with Gasteiger partial charge in [-0.15, -0.1) is 0 Å². The Kier molecular flexibility index (Phi) is 5.82. The summed E-state index contributed by atoms with van der Waals surface area (Å²) < 4.78 is 0. The second-order valence-electron chi connectivity index (χ2n) is 8.76. The Labute approximate surface area is 169 Å². The van der Waals surface area contributed by atoms with E-state index in [2.05, 4.69) is 71.7 Å². The number of hydrogen-bond acceptors (Lipinski definition) is 2. The second-order valence-corrected chi connectivity index (χ2v) is 8.76. The molecule has 1 aliphatic heterocycles. The summed E-state index contributed by atoms with van der Waals surface area (Å²) in [6, 6.07) is 21.2. The zero-order chi connectivity index (χ0) is 19.4. The molecule has 1 saturated heterocycles. The van der Waals surface area contributed by atoms with Crippen molar-refractivity contribution in [3.8, 4) is 0 Å². The van der Waals surface area contributed by atoms with Gasteiger partial charge in [-0.3, -0.25) is 4.79 Å². The van der Waals surface area contributed by atoms with Crippen LogP contribution in [-0.4, -0.2) is 37.0 Å². The van der Waals surface area contributed by atoms with Crippen molar-refractivity contribution in [1.82, 2.24) is 10.2 Å². The molecule has 148 valence electrons. The van der Waals surface area contributed by atoms with Crippen molar-refractivity contribution in [2.75, 3.05) is 26.2 Å². The van der Waals surface area contributed by atoms with E-state index in [1.807, 2.05) is 6.07 Å². The first-order valence-corrected chi connectivity index (χ1v) is 10.8. The zero-order valence-electron chi connectivity index (χ0n) is 16.9. The van der Waals surface area contributed by atoms with Crippen molar-refractivity contribution in [2.24, 2.45) is 11.3 Å². The van der Waals surface area contributed by atoms with Crippen LogP contribution in [0.5, 0.6) is 0 Å². The van der Waals surface area contributed by atoms with E-state index < -0.39 is 0 Å². The van der Waals surface area contributed by atoms with Crippen molar-refractivity contribution in [3.63, 3.8) is 0 Å². The van der Waals surface area contributed by atoms with Gasteiger partial charge in [0.2, 0.25) is 5.91 Å². The molecule has 1 heterocycles. The Morgan fingerprint density at radius 3 is 2.39 bits per heavy atom. The molecule has 2 aromatic rings. The summed E-state index contributed by atoms with van der Waals surface area (Å²) in [5.74, 6) is 1.09. The summed E-state index contributed by atoms with van der Waals surface area (Å²) in [5, 5.41) is 3.18. The Bertz CT molecular complexity index is 766. The lowest BCUT2D eigenvalue weighted by Gasteiger charge is -2.34. The number of piperidine rings is 1. The smallest absolute Gasteiger partial charge is 0.223 e. The third-order valence-electron chi connectivity index (χ3n) is 6.81. The molecule has 0 unspecified atom stereocenters. The Morgan fingerprint density at radius 2 is 1.71 bits per heavy atom. The number of rotatable bonds is 7. The van der Waals surface area contributed by atoms with E-state index in [0.717, 1.165) is 39.0 Å². The van der Waals surface area contributed by atoms with Crippen LogP contribution < -0.4 is 5.32 Å². The topological polar surface area (TPSA) is 32.3 Å². The van der Waals surface area contributed by atoms with Crippen LogP contribution in [0.25, 0.3) is 0 Å². The van der Waals surface area contributed by atoms with Crippen molar-refractivity contribution < 1.29 is 4.79 Å². The van der Waals surface area contributed by atoms with Crippen LogP contribution >= 0.6 is 0 Å². The average Bonchev–Trinajstić information content (AvgIpc) is 3.45. The van der Waals surface area contributed by atoms with Crippen molar-refractivity contribution >= 4 is 5.91 Å². The molecule has 1 saturated carbocycles.